The molecule has 146 valence electrons. The first-order chi connectivity index (χ1) is 12.3. The number of nitrogens with zero attached hydrogens (tertiary/aromatic N) is 5. The molecule has 2 atom stereocenters. The maximum Gasteiger partial charge on any atom is 0.227 e. The second-order valence-corrected chi connectivity index (χ2v) is 9.45. The van der Waals surface area contributed by atoms with E-state index in [1.54, 1.807) is 6.20 Å². The number of sulfonamides is 1. The van der Waals surface area contributed by atoms with Crippen LogP contribution in [0.4, 0.5) is 11.8 Å². The fourth-order valence-electron chi connectivity index (χ4n) is 3.36. The second kappa shape index (κ2) is 7.63. The first kappa shape index (κ1) is 19.3. The maximum absolute atomic E-state index is 12.1. The van der Waals surface area contributed by atoms with Crippen LogP contribution in [0.2, 0.25) is 0 Å². The van der Waals surface area contributed by atoms with Gasteiger partial charge in [0.1, 0.15) is 5.82 Å². The number of aromatic nitrogens is 2. The topological polar surface area (TPSA) is 110 Å². The van der Waals surface area contributed by atoms with Crippen molar-refractivity contribution in [3.63, 3.8) is 0 Å². The first-order valence-corrected chi connectivity index (χ1v) is 10.5. The van der Waals surface area contributed by atoms with Crippen LogP contribution in [0.1, 0.15) is 12.8 Å². The number of rotatable bonds is 5. The normalized spacial score (nSPS) is 25.3. The fraction of sp³-hybridized carbons (Fsp3) is 0.750. The molecular formula is C16H27N5O4S. The van der Waals surface area contributed by atoms with Gasteiger partial charge in [0.25, 0.3) is 0 Å². The Morgan fingerprint density at radius 2 is 1.88 bits per heavy atom. The quantitative estimate of drug-likeness (QED) is 0.673. The minimum atomic E-state index is -3.38. The molecular weight excluding hydrogens is 358 g/mol. The van der Waals surface area contributed by atoms with Gasteiger partial charge in [-0.2, -0.15) is 4.98 Å². The minimum Gasteiger partial charge on any atom is -0.393 e. The van der Waals surface area contributed by atoms with E-state index in [1.807, 2.05) is 11.0 Å². The van der Waals surface area contributed by atoms with Crippen LogP contribution in [0.15, 0.2) is 12.3 Å². The van der Waals surface area contributed by atoms with Crippen molar-refractivity contribution in [2.24, 2.45) is 5.92 Å². The molecule has 10 heteroatoms. The van der Waals surface area contributed by atoms with Gasteiger partial charge in [-0.15, -0.1) is 0 Å². The molecule has 2 N–H and O–H groups in total. The maximum atomic E-state index is 12.1. The minimum absolute atomic E-state index is 0.0959. The van der Waals surface area contributed by atoms with E-state index in [4.69, 9.17) is 0 Å². The van der Waals surface area contributed by atoms with Gasteiger partial charge < -0.3 is 20.0 Å². The Kier molecular flexibility index (Phi) is 5.66. The highest BCUT2D eigenvalue weighted by molar-refractivity contribution is 7.89. The molecule has 0 saturated carbocycles. The Bertz CT molecular complexity index is 721. The molecule has 0 aromatic carbocycles. The number of piperidine rings is 1. The summed E-state index contributed by atoms with van der Waals surface area (Å²) >= 11 is 0. The average molecular weight is 385 g/mol. The van der Waals surface area contributed by atoms with Crippen LogP contribution in [0.5, 0.6) is 0 Å². The summed E-state index contributed by atoms with van der Waals surface area (Å²) in [6, 6.07) is 1.84. The number of hydrogen-bond acceptors (Lipinski definition) is 8. The summed E-state index contributed by atoms with van der Waals surface area (Å²) in [6.07, 6.45) is 2.13. The number of aliphatic hydroxyl groups excluding tert-OH is 2. The van der Waals surface area contributed by atoms with Crippen molar-refractivity contribution in [1.82, 2.24) is 14.3 Å². The van der Waals surface area contributed by atoms with Crippen molar-refractivity contribution in [2.75, 3.05) is 55.8 Å². The summed E-state index contributed by atoms with van der Waals surface area (Å²) in [4.78, 5) is 12.8. The fourth-order valence-corrected chi connectivity index (χ4v) is 4.53. The molecule has 1 aromatic heterocycles. The molecule has 0 aliphatic carbocycles. The predicted molar refractivity (Wildman–Crippen MR) is 98.7 cm³/mol. The van der Waals surface area contributed by atoms with E-state index in [-0.39, 0.29) is 17.8 Å². The van der Waals surface area contributed by atoms with Crippen molar-refractivity contribution in [1.29, 1.82) is 0 Å². The van der Waals surface area contributed by atoms with E-state index in [1.165, 1.54) is 18.4 Å². The SMILES string of the molecule is CN(C)S(=O)(=O)C[C@@H]1CN(c2nccc(N3CCC(O)CC3)n2)C[C@H]1O. The van der Waals surface area contributed by atoms with E-state index in [2.05, 4.69) is 14.9 Å². The molecule has 1 aromatic rings. The van der Waals surface area contributed by atoms with Gasteiger partial charge in [-0.3, -0.25) is 0 Å². The zero-order valence-corrected chi connectivity index (χ0v) is 16.0. The first-order valence-electron chi connectivity index (χ1n) is 8.85. The monoisotopic (exact) mass is 385 g/mol. The Morgan fingerprint density at radius 1 is 1.19 bits per heavy atom. The summed E-state index contributed by atoms with van der Waals surface area (Å²) < 4.78 is 25.4. The molecule has 9 nitrogen and oxygen atoms in total. The van der Waals surface area contributed by atoms with Gasteiger partial charge in [-0.1, -0.05) is 0 Å². The molecule has 2 aliphatic rings. The van der Waals surface area contributed by atoms with Gasteiger partial charge in [-0.05, 0) is 18.9 Å². The number of hydrogen-bond donors (Lipinski definition) is 2. The van der Waals surface area contributed by atoms with E-state index >= 15 is 0 Å². The Morgan fingerprint density at radius 3 is 2.54 bits per heavy atom. The molecule has 2 aliphatic heterocycles. The number of β-amino-alcohol motifs (C(OH)–C–C–N with tert-alkyl or cyclic N) is 1. The molecule has 2 saturated heterocycles. The van der Waals surface area contributed by atoms with E-state index < -0.39 is 16.1 Å². The lowest BCUT2D eigenvalue weighted by atomic mass is 10.1. The van der Waals surface area contributed by atoms with Crippen LogP contribution >= 0.6 is 0 Å². The number of anilines is 2. The smallest absolute Gasteiger partial charge is 0.227 e. The Balaban J connectivity index is 1.69. The van der Waals surface area contributed by atoms with Gasteiger partial charge in [0, 0.05) is 52.4 Å². The Hall–Kier alpha value is -1.49. The molecule has 0 bridgehead atoms. The van der Waals surface area contributed by atoms with Crippen molar-refractivity contribution in [3.05, 3.63) is 12.3 Å². The van der Waals surface area contributed by atoms with Gasteiger partial charge in [0.2, 0.25) is 16.0 Å². The summed E-state index contributed by atoms with van der Waals surface area (Å²) in [7, 11) is -0.384. The third-order valence-corrected chi connectivity index (χ3v) is 7.05. The average Bonchev–Trinajstić information content (AvgIpc) is 2.96. The molecule has 0 unspecified atom stereocenters. The third kappa shape index (κ3) is 4.25. The molecule has 0 amide bonds. The third-order valence-electron chi connectivity index (χ3n) is 5.09. The highest BCUT2D eigenvalue weighted by Gasteiger charge is 2.36. The van der Waals surface area contributed by atoms with E-state index in [0.717, 1.165) is 18.9 Å². The largest absolute Gasteiger partial charge is 0.393 e. The van der Waals surface area contributed by atoms with Gasteiger partial charge in [0.05, 0.1) is 18.0 Å². The van der Waals surface area contributed by atoms with Crippen molar-refractivity contribution < 1.29 is 18.6 Å². The molecule has 0 radical (unpaired) electrons. The molecule has 26 heavy (non-hydrogen) atoms. The van der Waals surface area contributed by atoms with Crippen LogP contribution < -0.4 is 9.80 Å². The van der Waals surface area contributed by atoms with Crippen molar-refractivity contribution in [3.8, 4) is 0 Å². The lowest BCUT2D eigenvalue weighted by molar-refractivity contribution is 0.145. The van der Waals surface area contributed by atoms with E-state index in [0.29, 0.717) is 31.9 Å². The molecule has 3 rings (SSSR count). The lowest BCUT2D eigenvalue weighted by Crippen LogP contribution is -2.36. The standard InChI is InChI=1S/C16H27N5O4S/c1-19(2)26(24,25)11-12-9-21(10-14(12)23)16-17-6-3-15(18-16)20-7-4-13(22)5-8-20/h3,6,12-14,22-23H,4-5,7-11H2,1-2H3/t12-,14+/m0/s1. The van der Waals surface area contributed by atoms with Crippen molar-refractivity contribution >= 4 is 21.8 Å². The van der Waals surface area contributed by atoms with Gasteiger partial charge in [-0.25, -0.2) is 17.7 Å². The molecule has 2 fully saturated rings. The summed E-state index contributed by atoms with van der Waals surface area (Å²) in [5.41, 5.74) is 0. The van der Waals surface area contributed by atoms with Crippen LogP contribution in [-0.2, 0) is 10.0 Å². The van der Waals surface area contributed by atoms with Crippen LogP contribution in [-0.4, -0.2) is 91.1 Å². The van der Waals surface area contributed by atoms with E-state index in [9.17, 15) is 18.6 Å². The zero-order valence-electron chi connectivity index (χ0n) is 15.2. The number of aliphatic hydroxyl groups is 2. The highest BCUT2D eigenvalue weighted by Crippen LogP contribution is 2.25. The van der Waals surface area contributed by atoms with Gasteiger partial charge in [0.15, 0.2) is 0 Å². The highest BCUT2D eigenvalue weighted by atomic mass is 32.2. The zero-order chi connectivity index (χ0) is 18.9. The van der Waals surface area contributed by atoms with Gasteiger partial charge >= 0.3 is 0 Å². The molecule has 0 spiro atoms. The summed E-state index contributed by atoms with van der Waals surface area (Å²) in [5.74, 6) is 0.819. The predicted octanol–water partition coefficient (Wildman–Crippen LogP) is -0.874. The second-order valence-electron chi connectivity index (χ2n) is 7.23. The summed E-state index contributed by atoms with van der Waals surface area (Å²) in [6.45, 7) is 2.19. The van der Waals surface area contributed by atoms with Crippen molar-refractivity contribution in [2.45, 2.75) is 25.0 Å². The van der Waals surface area contributed by atoms with Crippen LogP contribution in [0, 0.1) is 5.92 Å². The Labute approximate surface area is 154 Å². The lowest BCUT2D eigenvalue weighted by Gasteiger charge is -2.31. The van der Waals surface area contributed by atoms with Crippen LogP contribution in [0.3, 0.4) is 0 Å². The van der Waals surface area contributed by atoms with Crippen LogP contribution in [0.25, 0.3) is 0 Å². The summed E-state index contributed by atoms with van der Waals surface area (Å²) in [5, 5.41) is 19.9. The molecule has 3 heterocycles.